The van der Waals surface area contributed by atoms with Crippen LogP contribution in [0, 0.1) is 11.5 Å². The molecule has 10 heavy (non-hydrogen) atoms. The molecule has 0 atom stereocenters. The van der Waals surface area contributed by atoms with Gasteiger partial charge in [-0.2, -0.15) is 0 Å². The summed E-state index contributed by atoms with van der Waals surface area (Å²) in [4.78, 5) is 0. The highest BCUT2D eigenvalue weighted by molar-refractivity contribution is 5.95. The average Bonchev–Trinajstić information content (AvgIpc) is 2.05. The van der Waals surface area contributed by atoms with Crippen molar-refractivity contribution < 1.29 is 0 Å². The molecule has 0 heterocycles. The molecule has 1 aromatic carbocycles. The van der Waals surface area contributed by atoms with Crippen LogP contribution in [0.25, 0.3) is 0 Å². The number of hydrogen-bond donors (Lipinski definition) is 3. The third-order valence-corrected chi connectivity index (χ3v) is 1.14. The number of benzene rings is 1. The lowest BCUT2D eigenvalue weighted by Gasteiger charge is -1.99. The Balaban J connectivity index is 2.85. The molecule has 0 aliphatic rings. The number of amidine groups is 1. The van der Waals surface area contributed by atoms with Crippen molar-refractivity contribution >= 4 is 5.84 Å². The van der Waals surface area contributed by atoms with E-state index in [0.29, 0.717) is 0 Å². The third-order valence-electron chi connectivity index (χ3n) is 1.14. The van der Waals surface area contributed by atoms with E-state index in [1.54, 1.807) is 24.3 Å². The molecular formula is C7H8N3. The lowest BCUT2D eigenvalue weighted by atomic mass is 10.2. The Hall–Kier alpha value is -1.35. The maximum Gasteiger partial charge on any atom is 0.139 e. The highest BCUT2D eigenvalue weighted by atomic mass is 15.2. The van der Waals surface area contributed by atoms with E-state index in [-0.39, 0.29) is 5.84 Å². The van der Waals surface area contributed by atoms with Gasteiger partial charge in [0.25, 0.3) is 0 Å². The minimum atomic E-state index is 0.205. The minimum absolute atomic E-state index is 0.205. The molecule has 0 aliphatic heterocycles. The van der Waals surface area contributed by atoms with Crippen molar-refractivity contribution in [3.8, 4) is 0 Å². The number of rotatable bonds is 1. The van der Waals surface area contributed by atoms with Crippen molar-refractivity contribution in [1.82, 2.24) is 5.43 Å². The minimum Gasteiger partial charge on any atom is -0.308 e. The molecule has 0 spiro atoms. The van der Waals surface area contributed by atoms with Crippen molar-refractivity contribution in [2.45, 2.75) is 0 Å². The predicted molar refractivity (Wildman–Crippen MR) is 39.4 cm³/mol. The van der Waals surface area contributed by atoms with E-state index in [1.165, 1.54) is 0 Å². The van der Waals surface area contributed by atoms with E-state index in [4.69, 9.17) is 11.3 Å². The third kappa shape index (κ3) is 1.33. The fraction of sp³-hybridized carbons (Fsp3) is 0. The van der Waals surface area contributed by atoms with Crippen molar-refractivity contribution in [2.75, 3.05) is 0 Å². The maximum atomic E-state index is 7.22. The number of nitrogens with two attached hydrogens (primary N) is 1. The first-order valence-corrected chi connectivity index (χ1v) is 2.86. The Labute approximate surface area is 59.3 Å². The van der Waals surface area contributed by atoms with Gasteiger partial charge in [0.1, 0.15) is 5.84 Å². The fourth-order valence-electron chi connectivity index (χ4n) is 0.632. The van der Waals surface area contributed by atoms with Gasteiger partial charge in [0, 0.05) is 5.56 Å². The van der Waals surface area contributed by atoms with E-state index in [1.807, 2.05) is 0 Å². The highest BCUT2D eigenvalue weighted by Crippen LogP contribution is 1.95. The lowest BCUT2D eigenvalue weighted by Crippen LogP contribution is -2.29. The number of hydrazine groups is 1. The van der Waals surface area contributed by atoms with Crippen LogP contribution in [-0.2, 0) is 0 Å². The summed E-state index contributed by atoms with van der Waals surface area (Å²) in [5.74, 6) is 5.22. The fourth-order valence-corrected chi connectivity index (χ4v) is 0.632. The first kappa shape index (κ1) is 6.77. The molecule has 51 valence electrons. The van der Waals surface area contributed by atoms with Crippen molar-refractivity contribution in [3.05, 3.63) is 35.9 Å². The van der Waals surface area contributed by atoms with Gasteiger partial charge in [-0.15, -0.1) is 0 Å². The zero-order valence-corrected chi connectivity index (χ0v) is 5.39. The zero-order chi connectivity index (χ0) is 7.40. The zero-order valence-electron chi connectivity index (χ0n) is 5.39. The first-order chi connectivity index (χ1) is 4.84. The lowest BCUT2D eigenvalue weighted by molar-refractivity contribution is 1.01. The SMILES string of the molecule is N=C(NN)c1c[c]ccc1. The summed E-state index contributed by atoms with van der Waals surface area (Å²) < 4.78 is 0. The van der Waals surface area contributed by atoms with Gasteiger partial charge in [-0.3, -0.25) is 5.41 Å². The van der Waals surface area contributed by atoms with Crippen LogP contribution in [0.2, 0.25) is 0 Å². The van der Waals surface area contributed by atoms with E-state index in [2.05, 4.69) is 11.5 Å². The molecule has 3 nitrogen and oxygen atoms in total. The van der Waals surface area contributed by atoms with Gasteiger partial charge in [-0.25, -0.2) is 5.84 Å². The molecular weight excluding hydrogens is 126 g/mol. The van der Waals surface area contributed by atoms with Crippen LogP contribution < -0.4 is 11.3 Å². The van der Waals surface area contributed by atoms with Gasteiger partial charge in [-0.1, -0.05) is 18.2 Å². The highest BCUT2D eigenvalue weighted by Gasteiger charge is 1.93. The Morgan fingerprint density at radius 1 is 1.70 bits per heavy atom. The molecule has 0 amide bonds. The summed E-state index contributed by atoms with van der Waals surface area (Å²) in [7, 11) is 0. The average molecular weight is 134 g/mol. The van der Waals surface area contributed by atoms with Crippen molar-refractivity contribution in [3.63, 3.8) is 0 Å². The van der Waals surface area contributed by atoms with Gasteiger partial charge >= 0.3 is 0 Å². The molecule has 1 rings (SSSR count). The molecule has 1 aromatic rings. The van der Waals surface area contributed by atoms with E-state index in [0.717, 1.165) is 5.56 Å². The second-order valence-corrected chi connectivity index (χ2v) is 1.81. The Morgan fingerprint density at radius 2 is 2.50 bits per heavy atom. The Bertz CT molecular complexity index is 218. The summed E-state index contributed by atoms with van der Waals surface area (Å²) >= 11 is 0. The van der Waals surface area contributed by atoms with Crippen LogP contribution in [-0.4, -0.2) is 5.84 Å². The Morgan fingerprint density at radius 3 is 3.00 bits per heavy atom. The monoisotopic (exact) mass is 134 g/mol. The van der Waals surface area contributed by atoms with E-state index >= 15 is 0 Å². The molecule has 4 N–H and O–H groups in total. The molecule has 0 saturated heterocycles. The summed E-state index contributed by atoms with van der Waals surface area (Å²) in [5.41, 5.74) is 2.99. The van der Waals surface area contributed by atoms with E-state index < -0.39 is 0 Å². The molecule has 3 heteroatoms. The first-order valence-electron chi connectivity index (χ1n) is 2.86. The van der Waals surface area contributed by atoms with Crippen molar-refractivity contribution in [1.29, 1.82) is 5.41 Å². The van der Waals surface area contributed by atoms with Crippen LogP contribution in [0.15, 0.2) is 24.3 Å². The summed E-state index contributed by atoms with van der Waals surface area (Å²) in [6, 6.07) is 9.90. The number of nitrogens with one attached hydrogen (secondary N) is 2. The molecule has 0 saturated carbocycles. The summed E-state index contributed by atoms with van der Waals surface area (Å²) in [6.45, 7) is 0. The van der Waals surface area contributed by atoms with Gasteiger partial charge in [-0.05, 0) is 12.1 Å². The topological polar surface area (TPSA) is 61.9 Å². The van der Waals surface area contributed by atoms with Crippen LogP contribution in [0.4, 0.5) is 0 Å². The van der Waals surface area contributed by atoms with Gasteiger partial charge in [0.2, 0.25) is 0 Å². The van der Waals surface area contributed by atoms with Gasteiger partial charge < -0.3 is 5.43 Å². The van der Waals surface area contributed by atoms with Crippen molar-refractivity contribution in [2.24, 2.45) is 5.84 Å². The van der Waals surface area contributed by atoms with Crippen LogP contribution >= 0.6 is 0 Å². The van der Waals surface area contributed by atoms with Crippen LogP contribution in [0.5, 0.6) is 0 Å². The predicted octanol–water partition coefficient (Wildman–Crippen LogP) is 0.275. The molecule has 0 unspecified atom stereocenters. The molecule has 0 bridgehead atoms. The maximum absolute atomic E-state index is 7.22. The van der Waals surface area contributed by atoms with Gasteiger partial charge in [0.05, 0.1) is 0 Å². The summed E-state index contributed by atoms with van der Waals surface area (Å²) in [6.07, 6.45) is 0. The molecule has 1 radical (unpaired) electrons. The van der Waals surface area contributed by atoms with Gasteiger partial charge in [0.15, 0.2) is 0 Å². The molecule has 0 fully saturated rings. The van der Waals surface area contributed by atoms with Crippen LogP contribution in [0.1, 0.15) is 5.56 Å². The normalized spacial score (nSPS) is 8.90. The quantitative estimate of drug-likeness (QED) is 0.223. The van der Waals surface area contributed by atoms with E-state index in [9.17, 15) is 0 Å². The number of hydrogen-bond acceptors (Lipinski definition) is 2. The van der Waals surface area contributed by atoms with Crippen LogP contribution in [0.3, 0.4) is 0 Å². The largest absolute Gasteiger partial charge is 0.308 e. The second-order valence-electron chi connectivity index (χ2n) is 1.81. The summed E-state index contributed by atoms with van der Waals surface area (Å²) in [5, 5.41) is 7.22. The molecule has 0 aliphatic carbocycles. The smallest absolute Gasteiger partial charge is 0.139 e. The molecule has 0 aromatic heterocycles. The standard InChI is InChI=1S/C7H8N3/c8-7(10-9)6-4-2-1-3-5-6/h1-2,4-5H,9H2,(H2,8,10). The Kier molecular flexibility index (Phi) is 2.02. The second kappa shape index (κ2) is 2.98.